The quantitative estimate of drug-likeness (QED) is 0.810. The average molecular weight is 295 g/mol. The van der Waals surface area contributed by atoms with E-state index >= 15 is 0 Å². The first-order valence-electron chi connectivity index (χ1n) is 8.19. The summed E-state index contributed by atoms with van der Waals surface area (Å²) in [5, 5.41) is 0. The van der Waals surface area contributed by atoms with Crippen LogP contribution in [0.25, 0.3) is 0 Å². The molecule has 2 heterocycles. The van der Waals surface area contributed by atoms with Crippen LogP contribution in [0.5, 0.6) is 0 Å². The third kappa shape index (κ3) is 1.75. The molecule has 6 atom stereocenters. The fourth-order valence-corrected chi connectivity index (χ4v) is 5.40. The Morgan fingerprint density at radius 1 is 1.57 bits per heavy atom. The second kappa shape index (κ2) is 4.39. The van der Waals surface area contributed by atoms with Gasteiger partial charge in [0.15, 0.2) is 5.83 Å². The number of quaternary nitrogens is 1. The van der Waals surface area contributed by atoms with E-state index in [0.29, 0.717) is 4.48 Å². The van der Waals surface area contributed by atoms with Crippen molar-refractivity contribution >= 4 is 5.78 Å². The molecule has 1 spiro atoms. The number of nitrogens with two attached hydrogens (primary N) is 1. The first-order valence-corrected chi connectivity index (χ1v) is 8.19. The van der Waals surface area contributed by atoms with Gasteiger partial charge < -0.3 is 5.73 Å². The first kappa shape index (κ1) is 15.2. The van der Waals surface area contributed by atoms with E-state index in [1.54, 1.807) is 13.1 Å². The Kier molecular flexibility index (Phi) is 3.17. The fourth-order valence-electron chi connectivity index (χ4n) is 5.40. The van der Waals surface area contributed by atoms with E-state index in [4.69, 9.17) is 5.73 Å². The van der Waals surface area contributed by atoms with Gasteiger partial charge >= 0.3 is 0 Å². The second-order valence-corrected chi connectivity index (χ2v) is 8.07. The molecular formula is C17H28FN2O+. The van der Waals surface area contributed by atoms with Crippen molar-refractivity contribution in [3.05, 3.63) is 12.0 Å². The van der Waals surface area contributed by atoms with Crippen LogP contribution in [0.2, 0.25) is 0 Å². The molecule has 6 unspecified atom stereocenters. The molecule has 2 bridgehead atoms. The Balaban J connectivity index is 2.02. The van der Waals surface area contributed by atoms with Gasteiger partial charge in [-0.15, -0.1) is 0 Å². The zero-order chi connectivity index (χ0) is 15.6. The Bertz CT molecular complexity index is 519. The monoisotopic (exact) mass is 295 g/mol. The fraction of sp³-hybridized carbons (Fsp3) is 0.824. The first-order chi connectivity index (χ1) is 9.69. The van der Waals surface area contributed by atoms with Crippen molar-refractivity contribution in [2.45, 2.75) is 58.5 Å². The highest BCUT2D eigenvalue weighted by atomic mass is 19.1. The number of rotatable bonds is 4. The molecule has 21 heavy (non-hydrogen) atoms. The molecule has 3 aliphatic rings. The van der Waals surface area contributed by atoms with Gasteiger partial charge in [-0.3, -0.25) is 9.28 Å². The highest BCUT2D eigenvalue weighted by molar-refractivity contribution is 5.79. The maximum absolute atomic E-state index is 14.7. The SMILES string of the molecule is CCC(N)C(C(C)=O)C1CC23CCC2(C)C(F)=C[N+]1(C)C3. The average Bonchev–Trinajstić information content (AvgIpc) is 2.69. The van der Waals surface area contributed by atoms with Gasteiger partial charge in [-0.1, -0.05) is 13.8 Å². The minimum absolute atomic E-state index is 0.0392. The van der Waals surface area contributed by atoms with Gasteiger partial charge in [-0.2, -0.15) is 0 Å². The normalized spacial score (nSPS) is 47.1. The van der Waals surface area contributed by atoms with Crippen molar-refractivity contribution in [3.63, 3.8) is 0 Å². The standard InChI is InChI=1S/C17H28FN2O/c1-5-12(19)15(11(2)21)13-8-17-7-6-16(17,3)14(18)9-20(13,4)10-17/h9,12-13,15H,5-8,10,19H2,1-4H3/q+1. The van der Waals surface area contributed by atoms with Crippen molar-refractivity contribution in [1.29, 1.82) is 0 Å². The van der Waals surface area contributed by atoms with Crippen LogP contribution in [0, 0.1) is 16.7 Å². The maximum atomic E-state index is 14.7. The van der Waals surface area contributed by atoms with Crippen LogP contribution < -0.4 is 5.73 Å². The maximum Gasteiger partial charge on any atom is 0.159 e. The second-order valence-electron chi connectivity index (χ2n) is 8.07. The number of Topliss-reactive ketones (excluding diaryl/α,β-unsaturated/α-hetero) is 1. The summed E-state index contributed by atoms with van der Waals surface area (Å²) in [7, 11) is 2.08. The smallest absolute Gasteiger partial charge is 0.159 e. The van der Waals surface area contributed by atoms with E-state index in [1.807, 2.05) is 6.92 Å². The lowest BCUT2D eigenvalue weighted by Crippen LogP contribution is -2.58. The molecule has 1 saturated carbocycles. The lowest BCUT2D eigenvalue weighted by Gasteiger charge is -2.56. The largest absolute Gasteiger partial charge is 0.327 e. The van der Waals surface area contributed by atoms with Gasteiger partial charge in [-0.25, -0.2) is 4.39 Å². The number of halogens is 1. The van der Waals surface area contributed by atoms with Crippen LogP contribution in [-0.2, 0) is 4.79 Å². The van der Waals surface area contributed by atoms with Crippen molar-refractivity contribution < 1.29 is 13.7 Å². The van der Waals surface area contributed by atoms with Gasteiger partial charge in [0.1, 0.15) is 18.0 Å². The number of hydrogen-bond donors (Lipinski definition) is 1. The summed E-state index contributed by atoms with van der Waals surface area (Å²) in [5.41, 5.74) is 6.01. The highest BCUT2D eigenvalue weighted by Gasteiger charge is 2.72. The van der Waals surface area contributed by atoms with Gasteiger partial charge in [0.2, 0.25) is 0 Å². The summed E-state index contributed by atoms with van der Waals surface area (Å²) >= 11 is 0. The van der Waals surface area contributed by atoms with E-state index in [1.165, 1.54) is 0 Å². The van der Waals surface area contributed by atoms with Crippen molar-refractivity contribution in [2.24, 2.45) is 22.5 Å². The topological polar surface area (TPSA) is 43.1 Å². The van der Waals surface area contributed by atoms with E-state index in [2.05, 4.69) is 14.0 Å². The van der Waals surface area contributed by atoms with Crippen molar-refractivity contribution in [1.82, 2.24) is 0 Å². The third-order valence-corrected chi connectivity index (χ3v) is 7.03. The number of ketones is 1. The highest BCUT2D eigenvalue weighted by Crippen LogP contribution is 2.70. The molecule has 0 aromatic carbocycles. The minimum atomic E-state index is -0.294. The molecule has 1 saturated heterocycles. The summed E-state index contributed by atoms with van der Waals surface area (Å²) in [6, 6.07) is 0.00585. The minimum Gasteiger partial charge on any atom is -0.327 e. The Morgan fingerprint density at radius 3 is 2.71 bits per heavy atom. The van der Waals surface area contributed by atoms with Crippen molar-refractivity contribution in [3.8, 4) is 0 Å². The van der Waals surface area contributed by atoms with Crippen LogP contribution >= 0.6 is 0 Å². The van der Waals surface area contributed by atoms with Crippen LogP contribution in [0.3, 0.4) is 0 Å². The zero-order valence-electron chi connectivity index (χ0n) is 13.7. The number of carbonyl (C=O) groups is 1. The summed E-state index contributed by atoms with van der Waals surface area (Å²) in [6.07, 6.45) is 5.53. The zero-order valence-corrected chi connectivity index (χ0v) is 13.7. The van der Waals surface area contributed by atoms with Crippen LogP contribution in [0.4, 0.5) is 4.39 Å². The molecule has 0 amide bonds. The van der Waals surface area contributed by atoms with Gasteiger partial charge in [0.25, 0.3) is 0 Å². The Morgan fingerprint density at radius 2 is 2.24 bits per heavy atom. The van der Waals surface area contributed by atoms with E-state index in [9.17, 15) is 9.18 Å². The Hall–Kier alpha value is -0.740. The molecule has 0 aromatic rings. The van der Waals surface area contributed by atoms with Gasteiger partial charge in [-0.05, 0) is 26.2 Å². The van der Waals surface area contributed by atoms with E-state index in [0.717, 1.165) is 32.2 Å². The molecule has 1 aliphatic carbocycles. The van der Waals surface area contributed by atoms with E-state index in [-0.39, 0.29) is 40.4 Å². The van der Waals surface area contributed by atoms with E-state index < -0.39 is 0 Å². The molecule has 118 valence electrons. The summed E-state index contributed by atoms with van der Waals surface area (Å²) in [5.74, 6) is 0.0382. The van der Waals surface area contributed by atoms with Crippen LogP contribution in [0.15, 0.2) is 12.0 Å². The van der Waals surface area contributed by atoms with Gasteiger partial charge in [0.05, 0.1) is 19.5 Å². The van der Waals surface area contributed by atoms with Gasteiger partial charge in [0, 0.05) is 23.3 Å². The lowest BCUT2D eigenvalue weighted by molar-refractivity contribution is -0.882. The summed E-state index contributed by atoms with van der Waals surface area (Å²) in [6.45, 7) is 6.70. The number of allylic oxidation sites excluding steroid dienone is 1. The summed E-state index contributed by atoms with van der Waals surface area (Å²) in [4.78, 5) is 12.2. The number of hydrogen-bond acceptors (Lipinski definition) is 2. The molecule has 2 aliphatic heterocycles. The molecule has 0 aromatic heterocycles. The number of carbonyl (C=O) groups excluding carboxylic acids is 1. The number of nitrogens with zero attached hydrogens (tertiary/aromatic N) is 1. The Labute approximate surface area is 127 Å². The molecule has 3 nitrogen and oxygen atoms in total. The third-order valence-electron chi connectivity index (χ3n) is 7.03. The lowest BCUT2D eigenvalue weighted by atomic mass is 9.48. The number of fused-ring (bicyclic) bond motifs is 1. The van der Waals surface area contributed by atoms with Crippen LogP contribution in [0.1, 0.15) is 46.5 Å². The molecule has 2 fully saturated rings. The predicted molar refractivity (Wildman–Crippen MR) is 80.9 cm³/mol. The molecule has 0 radical (unpaired) electrons. The van der Waals surface area contributed by atoms with Crippen molar-refractivity contribution in [2.75, 3.05) is 13.6 Å². The summed E-state index contributed by atoms with van der Waals surface area (Å²) < 4.78 is 15.2. The molecular weight excluding hydrogens is 267 g/mol. The molecule has 4 heteroatoms. The molecule has 2 N–H and O–H groups in total. The van der Waals surface area contributed by atoms with Crippen LogP contribution in [-0.4, -0.2) is 35.9 Å². The predicted octanol–water partition coefficient (Wildman–Crippen LogP) is 2.76. The molecule has 3 rings (SSSR count).